The molecule has 126 valence electrons. The zero-order valence-electron chi connectivity index (χ0n) is 13.2. The van der Waals surface area contributed by atoms with Gasteiger partial charge in [-0.15, -0.1) is 0 Å². The summed E-state index contributed by atoms with van der Waals surface area (Å²) in [6, 6.07) is 6.02. The molecule has 0 atom stereocenters. The van der Waals surface area contributed by atoms with Gasteiger partial charge in [-0.1, -0.05) is 6.07 Å². The number of aromatic amines is 1. The average molecular weight is 410 g/mol. The van der Waals surface area contributed by atoms with Crippen LogP contribution < -0.4 is 15.2 Å². The number of hydrogen-bond donors (Lipinski definition) is 1. The van der Waals surface area contributed by atoms with Gasteiger partial charge in [-0.25, -0.2) is 4.98 Å². The third-order valence-corrected chi connectivity index (χ3v) is 4.87. The van der Waals surface area contributed by atoms with Crippen LogP contribution in [0.1, 0.15) is 10.5 Å². The quantitative estimate of drug-likeness (QED) is 0.744. The van der Waals surface area contributed by atoms with Gasteiger partial charge in [-0.2, -0.15) is 5.10 Å². The minimum atomic E-state index is -0.259. The lowest BCUT2D eigenvalue weighted by molar-refractivity contribution is -0.364. The van der Waals surface area contributed by atoms with Gasteiger partial charge in [-0.05, 0) is 34.2 Å². The van der Waals surface area contributed by atoms with Crippen LogP contribution >= 0.6 is 28.1 Å². The zero-order chi connectivity index (χ0) is 17.1. The fraction of sp³-hybridized carbons (Fsp3) is 0.333. The highest BCUT2D eigenvalue weighted by atomic mass is 79.9. The van der Waals surface area contributed by atoms with E-state index >= 15 is 0 Å². The maximum absolute atomic E-state index is 12.4. The Morgan fingerprint density at radius 2 is 2.08 bits per heavy atom. The van der Waals surface area contributed by atoms with Crippen LogP contribution in [0, 0.1) is 0 Å². The second-order valence-electron chi connectivity index (χ2n) is 5.45. The smallest absolute Gasteiger partial charge is 0.276 e. The molecule has 1 aliphatic rings. The van der Waals surface area contributed by atoms with Crippen LogP contribution in [0.4, 0.5) is 5.82 Å². The first kappa shape index (κ1) is 16.8. The first-order valence-corrected chi connectivity index (χ1v) is 8.76. The van der Waals surface area contributed by atoms with Crippen LogP contribution in [0.25, 0.3) is 0 Å². The van der Waals surface area contributed by atoms with Crippen molar-refractivity contribution in [1.29, 1.82) is 0 Å². The van der Waals surface area contributed by atoms with E-state index in [0.29, 0.717) is 15.3 Å². The number of aromatic nitrogens is 3. The summed E-state index contributed by atoms with van der Waals surface area (Å²) < 4.78 is 2.17. The molecular formula is C15H18BrN6OS+. The van der Waals surface area contributed by atoms with Gasteiger partial charge in [0.1, 0.15) is 18.8 Å². The van der Waals surface area contributed by atoms with E-state index in [1.54, 1.807) is 13.2 Å². The van der Waals surface area contributed by atoms with Gasteiger partial charge in [0.05, 0.1) is 30.0 Å². The number of pyridine rings is 1. The third-order valence-electron chi connectivity index (χ3n) is 3.93. The second-order valence-corrected chi connectivity index (χ2v) is 6.69. The molecule has 7 nitrogen and oxygen atoms in total. The van der Waals surface area contributed by atoms with Crippen LogP contribution in [0.3, 0.4) is 0 Å². The molecule has 0 bridgehead atoms. The molecule has 1 aliphatic heterocycles. The number of carbonyl (C=O) groups excluding carboxylic acids is 1. The van der Waals surface area contributed by atoms with Crippen molar-refractivity contribution in [3.05, 3.63) is 40.8 Å². The lowest BCUT2D eigenvalue weighted by Crippen LogP contribution is -2.53. The molecule has 3 heterocycles. The van der Waals surface area contributed by atoms with Crippen LogP contribution in [-0.4, -0.2) is 51.9 Å². The number of amides is 1. The van der Waals surface area contributed by atoms with Crippen molar-refractivity contribution in [2.75, 3.05) is 31.1 Å². The predicted octanol–water partition coefficient (Wildman–Crippen LogP) is 0.834. The molecule has 1 fully saturated rings. The number of nitrogens with one attached hydrogen (secondary N) is 2. The summed E-state index contributed by atoms with van der Waals surface area (Å²) in [4.78, 5) is 19.9. The van der Waals surface area contributed by atoms with Gasteiger partial charge >= 0.3 is 0 Å². The summed E-state index contributed by atoms with van der Waals surface area (Å²) in [5, 5.41) is 7.28. The van der Waals surface area contributed by atoms with Crippen LogP contribution in [0.15, 0.2) is 35.1 Å². The Morgan fingerprint density at radius 3 is 2.67 bits per heavy atom. The molecule has 3 rings (SSSR count). The minimum Gasteiger partial charge on any atom is -0.341 e. The number of hydrogen-bond acceptors (Lipinski definition) is 4. The molecule has 2 N–H and O–H groups in total. The normalized spacial score (nSPS) is 14.6. The van der Waals surface area contributed by atoms with E-state index in [1.807, 2.05) is 23.2 Å². The Labute approximate surface area is 153 Å². The summed E-state index contributed by atoms with van der Waals surface area (Å²) >= 11 is 8.71. The number of rotatable bonds is 2. The number of halogens is 1. The van der Waals surface area contributed by atoms with E-state index in [1.165, 1.54) is 4.68 Å². The summed E-state index contributed by atoms with van der Waals surface area (Å²) in [5.74, 6) is 0.830. The summed E-state index contributed by atoms with van der Waals surface area (Å²) in [7, 11) is 1.72. The highest BCUT2D eigenvalue weighted by molar-refractivity contribution is 9.10. The van der Waals surface area contributed by atoms with Crippen LogP contribution in [0.5, 0.6) is 0 Å². The highest BCUT2D eigenvalue weighted by Crippen LogP contribution is 2.15. The van der Waals surface area contributed by atoms with Crippen molar-refractivity contribution >= 4 is 45.0 Å². The number of H-pyrrole nitrogens is 1. The molecule has 2 aromatic heterocycles. The van der Waals surface area contributed by atoms with Crippen LogP contribution in [0.2, 0.25) is 0 Å². The number of aryl methyl sites for hydroxylation is 1. The van der Waals surface area contributed by atoms with Crippen molar-refractivity contribution in [2.24, 2.45) is 7.05 Å². The molecule has 0 unspecified atom stereocenters. The van der Waals surface area contributed by atoms with Crippen molar-refractivity contribution < 1.29 is 9.78 Å². The topological polar surface area (TPSA) is 67.5 Å². The third kappa shape index (κ3) is 3.57. The van der Waals surface area contributed by atoms with Gasteiger partial charge in [0.2, 0.25) is 0 Å². The van der Waals surface area contributed by atoms with E-state index in [9.17, 15) is 4.79 Å². The maximum Gasteiger partial charge on any atom is 0.276 e. The Morgan fingerprint density at radius 1 is 1.33 bits per heavy atom. The van der Waals surface area contributed by atoms with Gasteiger partial charge in [-0.3, -0.25) is 19.7 Å². The molecular weight excluding hydrogens is 392 g/mol. The van der Waals surface area contributed by atoms with E-state index in [4.69, 9.17) is 12.2 Å². The molecule has 0 spiro atoms. The predicted molar refractivity (Wildman–Crippen MR) is 97.8 cm³/mol. The molecule has 0 saturated carbocycles. The Bertz CT molecular complexity index is 722. The molecule has 0 aliphatic carbocycles. The Hall–Kier alpha value is -2.00. The fourth-order valence-electron chi connectivity index (χ4n) is 2.63. The summed E-state index contributed by atoms with van der Waals surface area (Å²) in [6.45, 7) is 3.20. The standard InChI is InChI=1S/C15H17BrN6OS/c1-20-13(11(16)10-18-20)14(23)19-15(24)22-8-6-21(7-9-22)12-4-2-3-5-17-12/h2-5,10H,6-9H2,1H3,(H,19,23,24)/p+1. The van der Waals surface area contributed by atoms with E-state index < -0.39 is 0 Å². The lowest BCUT2D eigenvalue weighted by Gasteiger charge is -2.32. The minimum absolute atomic E-state index is 0.259. The van der Waals surface area contributed by atoms with Crippen LogP contribution in [-0.2, 0) is 7.05 Å². The van der Waals surface area contributed by atoms with E-state index in [0.717, 1.165) is 32.0 Å². The summed E-state index contributed by atoms with van der Waals surface area (Å²) in [5.41, 5.74) is 0.454. The molecule has 0 aromatic carbocycles. The van der Waals surface area contributed by atoms with Gasteiger partial charge in [0.25, 0.3) is 11.7 Å². The molecule has 0 radical (unpaired) electrons. The highest BCUT2D eigenvalue weighted by Gasteiger charge is 2.26. The van der Waals surface area contributed by atoms with Gasteiger partial charge in [0.15, 0.2) is 5.11 Å². The first-order chi connectivity index (χ1) is 11.6. The monoisotopic (exact) mass is 409 g/mol. The van der Waals surface area contributed by atoms with E-state index in [2.05, 4.69) is 42.3 Å². The van der Waals surface area contributed by atoms with Crippen molar-refractivity contribution in [1.82, 2.24) is 20.0 Å². The lowest BCUT2D eigenvalue weighted by atomic mass is 10.3. The molecule has 9 heteroatoms. The number of anilines is 1. The molecule has 24 heavy (non-hydrogen) atoms. The molecule has 1 amide bonds. The van der Waals surface area contributed by atoms with Gasteiger partial charge in [0, 0.05) is 13.1 Å². The van der Waals surface area contributed by atoms with Crippen molar-refractivity contribution in [2.45, 2.75) is 0 Å². The SMILES string of the molecule is Cn1ncc(Br)c1C(=O)NC(=S)N1CCN(c2cccc[nH+]2)CC1. The van der Waals surface area contributed by atoms with Gasteiger partial charge < -0.3 is 4.90 Å². The maximum atomic E-state index is 12.4. The van der Waals surface area contributed by atoms with Crippen molar-refractivity contribution in [3.8, 4) is 0 Å². The average Bonchev–Trinajstić information content (AvgIpc) is 2.94. The second kappa shape index (κ2) is 7.27. The first-order valence-electron chi connectivity index (χ1n) is 7.55. The Kier molecular flexibility index (Phi) is 5.10. The largest absolute Gasteiger partial charge is 0.341 e. The molecule has 2 aromatic rings. The fourth-order valence-corrected chi connectivity index (χ4v) is 3.44. The number of thiocarbonyl (C=S) groups is 1. The zero-order valence-corrected chi connectivity index (χ0v) is 15.6. The van der Waals surface area contributed by atoms with E-state index in [-0.39, 0.29) is 5.91 Å². The van der Waals surface area contributed by atoms with Crippen molar-refractivity contribution in [3.63, 3.8) is 0 Å². The number of piperazine rings is 1. The number of nitrogens with zero attached hydrogens (tertiary/aromatic N) is 4. The molecule has 1 saturated heterocycles. The Balaban J connectivity index is 1.57. The summed E-state index contributed by atoms with van der Waals surface area (Å²) in [6.07, 6.45) is 3.51. The number of carbonyl (C=O) groups is 1.